The molecule has 1 fully saturated rings. The van der Waals surface area contributed by atoms with Gasteiger partial charge in [-0.1, -0.05) is 27.7 Å². The zero-order valence-corrected chi connectivity index (χ0v) is 15.9. The number of hydrogen-bond donors (Lipinski definition) is 0. The van der Waals surface area contributed by atoms with E-state index in [0.29, 0.717) is 37.5 Å². The zero-order chi connectivity index (χ0) is 18.1. The first-order valence-electron chi connectivity index (χ1n) is 9.24. The van der Waals surface area contributed by atoms with E-state index in [0.717, 1.165) is 19.2 Å². The Hall–Kier alpha value is -0.875. The molecule has 0 aromatic carbocycles. The van der Waals surface area contributed by atoms with Gasteiger partial charge >= 0.3 is 13.1 Å². The van der Waals surface area contributed by atoms with Crippen molar-refractivity contribution in [1.82, 2.24) is 0 Å². The van der Waals surface area contributed by atoms with Crippen LogP contribution < -0.4 is 0 Å². The Balaban J connectivity index is 2.18. The lowest BCUT2D eigenvalue weighted by molar-refractivity contribution is -0.140. The largest absolute Gasteiger partial charge is 0.469 e. The Labute approximate surface area is 146 Å². The average molecular weight is 340 g/mol. The Morgan fingerprint density at radius 2 is 1.42 bits per heavy atom. The minimum absolute atomic E-state index is 0.143. The van der Waals surface area contributed by atoms with E-state index in [9.17, 15) is 9.59 Å². The monoisotopic (exact) mass is 340 g/mol. The number of esters is 1. The summed E-state index contributed by atoms with van der Waals surface area (Å²) in [5.41, 5.74) is 0. The number of rotatable bonds is 11. The van der Waals surface area contributed by atoms with Gasteiger partial charge in [-0.05, 0) is 37.4 Å². The molecule has 0 aliphatic carbocycles. The number of Topliss-reactive ketones (excluding diaryl/α,β-unsaturated/α-hetero) is 1. The topological polar surface area (TPSA) is 61.8 Å². The predicted octanol–water partition coefficient (Wildman–Crippen LogP) is 3.65. The molecule has 0 amide bonds. The molecule has 1 aliphatic heterocycles. The molecule has 0 unspecified atom stereocenters. The van der Waals surface area contributed by atoms with Gasteiger partial charge in [-0.3, -0.25) is 9.59 Å². The van der Waals surface area contributed by atoms with Crippen molar-refractivity contribution >= 4 is 18.9 Å². The zero-order valence-electron chi connectivity index (χ0n) is 15.9. The molecule has 138 valence electrons. The lowest BCUT2D eigenvalue weighted by atomic mass is 9.82. The van der Waals surface area contributed by atoms with Crippen LogP contribution in [0.3, 0.4) is 0 Å². The molecular weight excluding hydrogens is 307 g/mol. The Morgan fingerprint density at radius 3 is 1.92 bits per heavy atom. The lowest BCUT2D eigenvalue weighted by Gasteiger charge is -2.24. The van der Waals surface area contributed by atoms with Crippen molar-refractivity contribution in [2.75, 3.05) is 7.11 Å². The minimum atomic E-state index is -0.211. The van der Waals surface area contributed by atoms with Gasteiger partial charge in [0.25, 0.3) is 0 Å². The standard InChI is InChI=1S/C18H33BO5/c1-13(2)17-18(14(3)4)24-19(23-17)12-8-10-15(20)9-6-7-11-16(21)22-5/h13-14,17-18H,6-12H2,1-5H3/t17-,18-/m0/s1. The highest BCUT2D eigenvalue weighted by molar-refractivity contribution is 6.45. The Bertz CT molecular complexity index is 381. The molecule has 5 nitrogen and oxygen atoms in total. The summed E-state index contributed by atoms with van der Waals surface area (Å²) in [4.78, 5) is 22.9. The van der Waals surface area contributed by atoms with Crippen LogP contribution in [0.1, 0.15) is 66.2 Å². The number of carbonyl (C=O) groups is 2. The summed E-state index contributed by atoms with van der Waals surface area (Å²) in [7, 11) is 1.20. The number of hydrogen-bond acceptors (Lipinski definition) is 5. The number of ether oxygens (including phenoxy) is 1. The van der Waals surface area contributed by atoms with Gasteiger partial charge in [-0.15, -0.1) is 0 Å². The van der Waals surface area contributed by atoms with Crippen LogP contribution in [0.5, 0.6) is 0 Å². The van der Waals surface area contributed by atoms with Crippen molar-refractivity contribution in [3.8, 4) is 0 Å². The van der Waals surface area contributed by atoms with Crippen molar-refractivity contribution in [3.05, 3.63) is 0 Å². The molecule has 1 aliphatic rings. The number of carbonyl (C=O) groups excluding carboxylic acids is 2. The van der Waals surface area contributed by atoms with Gasteiger partial charge in [0.15, 0.2) is 0 Å². The van der Waals surface area contributed by atoms with Crippen LogP contribution in [0.2, 0.25) is 6.32 Å². The molecule has 0 aromatic rings. The summed E-state index contributed by atoms with van der Waals surface area (Å²) < 4.78 is 16.6. The summed E-state index contributed by atoms with van der Waals surface area (Å²) in [5.74, 6) is 0.897. The molecule has 1 rings (SSSR count). The second-order valence-electron chi connectivity index (χ2n) is 7.33. The van der Waals surface area contributed by atoms with E-state index in [1.165, 1.54) is 7.11 Å². The van der Waals surface area contributed by atoms with Crippen molar-refractivity contribution in [2.24, 2.45) is 11.8 Å². The van der Waals surface area contributed by atoms with E-state index in [1.54, 1.807) is 0 Å². The van der Waals surface area contributed by atoms with Crippen LogP contribution in [-0.4, -0.2) is 38.2 Å². The lowest BCUT2D eigenvalue weighted by Crippen LogP contribution is -2.31. The Kier molecular flexibility index (Phi) is 9.60. The van der Waals surface area contributed by atoms with Gasteiger partial charge in [0.05, 0.1) is 19.3 Å². The van der Waals surface area contributed by atoms with Gasteiger partial charge < -0.3 is 14.0 Å². The molecule has 2 atom stereocenters. The number of ketones is 1. The first-order valence-corrected chi connectivity index (χ1v) is 9.24. The van der Waals surface area contributed by atoms with Gasteiger partial charge in [0.2, 0.25) is 0 Å². The molecule has 0 saturated carbocycles. The highest BCUT2D eigenvalue weighted by Gasteiger charge is 2.41. The highest BCUT2D eigenvalue weighted by Crippen LogP contribution is 2.30. The molecule has 1 heterocycles. The second-order valence-corrected chi connectivity index (χ2v) is 7.33. The van der Waals surface area contributed by atoms with Crippen molar-refractivity contribution in [2.45, 2.75) is 84.7 Å². The minimum Gasteiger partial charge on any atom is -0.469 e. The molecule has 1 saturated heterocycles. The predicted molar refractivity (Wildman–Crippen MR) is 94.7 cm³/mol. The fourth-order valence-electron chi connectivity index (χ4n) is 3.03. The van der Waals surface area contributed by atoms with Crippen LogP contribution >= 0.6 is 0 Å². The number of unbranched alkanes of at least 4 members (excludes halogenated alkanes) is 1. The van der Waals surface area contributed by atoms with Crippen LogP contribution in [0.4, 0.5) is 0 Å². The summed E-state index contributed by atoms with van der Waals surface area (Å²) in [6.45, 7) is 8.63. The molecule has 0 N–H and O–H groups in total. The van der Waals surface area contributed by atoms with Crippen LogP contribution in [0, 0.1) is 11.8 Å². The average Bonchev–Trinajstić information content (AvgIpc) is 2.96. The van der Waals surface area contributed by atoms with E-state index >= 15 is 0 Å². The smallest absolute Gasteiger partial charge is 0.457 e. The first kappa shape index (κ1) is 21.2. The van der Waals surface area contributed by atoms with E-state index in [-0.39, 0.29) is 31.1 Å². The van der Waals surface area contributed by atoms with Crippen molar-refractivity contribution in [3.63, 3.8) is 0 Å². The number of methoxy groups -OCH3 is 1. The summed E-state index contributed by atoms with van der Waals surface area (Å²) in [6, 6.07) is 0. The van der Waals surface area contributed by atoms with E-state index in [1.807, 2.05) is 0 Å². The third-order valence-electron chi connectivity index (χ3n) is 4.47. The maximum absolute atomic E-state index is 11.9. The first-order chi connectivity index (χ1) is 11.3. The third-order valence-corrected chi connectivity index (χ3v) is 4.47. The van der Waals surface area contributed by atoms with E-state index in [2.05, 4.69) is 32.4 Å². The van der Waals surface area contributed by atoms with E-state index < -0.39 is 0 Å². The van der Waals surface area contributed by atoms with Crippen LogP contribution in [0.25, 0.3) is 0 Å². The highest BCUT2D eigenvalue weighted by atomic mass is 16.7. The third kappa shape index (κ3) is 7.35. The maximum atomic E-state index is 11.9. The van der Waals surface area contributed by atoms with Gasteiger partial charge in [0.1, 0.15) is 5.78 Å². The van der Waals surface area contributed by atoms with Crippen LogP contribution in [0.15, 0.2) is 0 Å². The molecule has 0 radical (unpaired) electrons. The van der Waals surface area contributed by atoms with Gasteiger partial charge in [0, 0.05) is 19.3 Å². The Morgan fingerprint density at radius 1 is 0.917 bits per heavy atom. The fourth-order valence-corrected chi connectivity index (χ4v) is 3.03. The second kappa shape index (κ2) is 10.9. The molecule has 24 heavy (non-hydrogen) atoms. The van der Waals surface area contributed by atoms with E-state index in [4.69, 9.17) is 9.31 Å². The SMILES string of the molecule is COC(=O)CCCCC(=O)CCCB1O[C@@H](C(C)C)[C@H](C(C)C)O1. The summed E-state index contributed by atoms with van der Waals surface area (Å²) in [6.07, 6.45) is 4.77. The van der Waals surface area contributed by atoms with Crippen molar-refractivity contribution < 1.29 is 23.6 Å². The fraction of sp³-hybridized carbons (Fsp3) is 0.889. The van der Waals surface area contributed by atoms with Crippen molar-refractivity contribution in [1.29, 1.82) is 0 Å². The summed E-state index contributed by atoms with van der Waals surface area (Å²) >= 11 is 0. The molecule has 6 heteroatoms. The van der Waals surface area contributed by atoms with Gasteiger partial charge in [-0.2, -0.15) is 0 Å². The van der Waals surface area contributed by atoms with Crippen LogP contribution in [-0.2, 0) is 23.6 Å². The maximum Gasteiger partial charge on any atom is 0.457 e. The summed E-state index contributed by atoms with van der Waals surface area (Å²) in [5, 5.41) is 0. The molecule has 0 bridgehead atoms. The normalized spacial score (nSPS) is 20.9. The van der Waals surface area contributed by atoms with Gasteiger partial charge in [-0.25, -0.2) is 0 Å². The molecular formula is C18H33BO5. The molecule has 0 aromatic heterocycles. The molecule has 0 spiro atoms. The quantitative estimate of drug-likeness (QED) is 0.326.